The Morgan fingerprint density at radius 3 is 2.21 bits per heavy atom. The Morgan fingerprint density at radius 1 is 1.00 bits per heavy atom. The normalized spacial score (nSPS) is 20.8. The summed E-state index contributed by atoms with van der Waals surface area (Å²) in [6, 6.07) is 17.7. The van der Waals surface area contributed by atoms with E-state index in [1.807, 2.05) is 48.5 Å². The van der Waals surface area contributed by atoms with E-state index in [0.717, 1.165) is 11.1 Å². The van der Waals surface area contributed by atoms with Crippen LogP contribution in [0.15, 0.2) is 54.6 Å². The molecule has 0 saturated carbocycles. The highest BCUT2D eigenvalue weighted by atomic mass is 32.2. The largest absolute Gasteiger partial charge is 0.282 e. The second-order valence-electron chi connectivity index (χ2n) is 7.12. The van der Waals surface area contributed by atoms with Gasteiger partial charge in [0.2, 0.25) is 0 Å². The number of rotatable bonds is 3. The van der Waals surface area contributed by atoms with Crippen LogP contribution in [-0.2, 0) is 15.6 Å². The zero-order valence-corrected chi connectivity index (χ0v) is 15.4. The average molecular weight is 344 g/mol. The lowest BCUT2D eigenvalue weighted by atomic mass is 9.75. The van der Waals surface area contributed by atoms with Crippen molar-refractivity contribution in [3.8, 4) is 0 Å². The molecule has 0 bridgehead atoms. The van der Waals surface area contributed by atoms with Crippen molar-refractivity contribution in [2.24, 2.45) is 0 Å². The van der Waals surface area contributed by atoms with Crippen LogP contribution in [0, 0.1) is 0 Å². The van der Waals surface area contributed by atoms with Gasteiger partial charge < -0.3 is 0 Å². The Morgan fingerprint density at radius 2 is 1.58 bits per heavy atom. The summed E-state index contributed by atoms with van der Waals surface area (Å²) in [6.45, 7) is 4.65. The van der Waals surface area contributed by atoms with Gasteiger partial charge >= 0.3 is 0 Å². The lowest BCUT2D eigenvalue weighted by Crippen LogP contribution is -2.51. The van der Waals surface area contributed by atoms with Crippen LogP contribution in [0.5, 0.6) is 0 Å². The highest BCUT2D eigenvalue weighted by Crippen LogP contribution is 2.44. The van der Waals surface area contributed by atoms with E-state index in [2.05, 4.69) is 19.9 Å². The van der Waals surface area contributed by atoms with Gasteiger partial charge in [-0.05, 0) is 16.7 Å². The molecule has 1 unspecified atom stereocenters. The molecule has 3 rings (SSSR count). The third-order valence-corrected chi connectivity index (χ3v) is 6.55. The molecule has 1 aliphatic heterocycles. The molecule has 128 valence electrons. The minimum absolute atomic E-state index is 0.245. The highest BCUT2D eigenvalue weighted by molar-refractivity contribution is 7.86. The Bertz CT molecular complexity index is 829. The lowest BCUT2D eigenvalue weighted by Gasteiger charge is -2.45. The smallest absolute Gasteiger partial charge is 0.195 e. The quantitative estimate of drug-likeness (QED) is 0.858. The maximum absolute atomic E-state index is 13.0. The number of hydrogen-bond acceptors (Lipinski definition) is 2. The number of fused-ring (bicyclic) bond motifs is 1. The van der Waals surface area contributed by atoms with Crippen molar-refractivity contribution in [2.75, 3.05) is 20.6 Å². The van der Waals surface area contributed by atoms with Gasteiger partial charge in [-0.25, -0.2) is 0 Å². The molecule has 1 atom stereocenters. The van der Waals surface area contributed by atoms with Crippen molar-refractivity contribution in [2.45, 2.75) is 25.3 Å². The number of hydrogen-bond donors (Lipinski definition) is 0. The first kappa shape index (κ1) is 17.1. The van der Waals surface area contributed by atoms with Gasteiger partial charge in [-0.1, -0.05) is 68.4 Å². The molecule has 24 heavy (non-hydrogen) atoms. The number of benzene rings is 2. The maximum atomic E-state index is 13.0. The van der Waals surface area contributed by atoms with Gasteiger partial charge in [0.1, 0.15) is 0 Å². The second kappa shape index (κ2) is 5.99. The fourth-order valence-corrected chi connectivity index (χ4v) is 4.89. The first-order chi connectivity index (χ1) is 11.2. The van der Waals surface area contributed by atoms with Crippen molar-refractivity contribution >= 4 is 10.2 Å². The average Bonchev–Trinajstić information content (AvgIpc) is 2.55. The fourth-order valence-electron chi connectivity index (χ4n) is 3.48. The minimum Gasteiger partial charge on any atom is -0.195 e. The molecular formula is C19H24N2O2S. The number of nitrogens with zero attached hydrogens (tertiary/aromatic N) is 2. The lowest BCUT2D eigenvalue weighted by molar-refractivity contribution is 0.253. The Labute approximate surface area is 144 Å². The molecule has 5 heteroatoms. The van der Waals surface area contributed by atoms with Crippen LogP contribution < -0.4 is 0 Å². The van der Waals surface area contributed by atoms with Crippen molar-refractivity contribution in [1.29, 1.82) is 0 Å². The molecule has 0 radical (unpaired) electrons. The SMILES string of the molecule is CN(C)S(=O)(=O)N1CC(C)(C)c2ccccc2C1c1ccccc1. The Kier molecular flexibility index (Phi) is 4.28. The predicted octanol–water partition coefficient (Wildman–Crippen LogP) is 3.18. The van der Waals surface area contributed by atoms with Crippen molar-refractivity contribution in [1.82, 2.24) is 8.61 Å². The van der Waals surface area contributed by atoms with E-state index >= 15 is 0 Å². The molecule has 0 saturated heterocycles. The predicted molar refractivity (Wildman–Crippen MR) is 97.1 cm³/mol. The van der Waals surface area contributed by atoms with Crippen molar-refractivity contribution in [3.05, 3.63) is 71.3 Å². The summed E-state index contributed by atoms with van der Waals surface area (Å²) in [5.41, 5.74) is 3.02. The second-order valence-corrected chi connectivity index (χ2v) is 9.21. The van der Waals surface area contributed by atoms with Gasteiger partial charge in [0.25, 0.3) is 10.2 Å². The summed E-state index contributed by atoms with van der Waals surface area (Å²) >= 11 is 0. The molecule has 0 amide bonds. The first-order valence-electron chi connectivity index (χ1n) is 8.09. The molecule has 0 spiro atoms. The van der Waals surface area contributed by atoms with Gasteiger partial charge in [0.15, 0.2) is 0 Å². The molecule has 0 aliphatic carbocycles. The summed E-state index contributed by atoms with van der Waals surface area (Å²) < 4.78 is 29.0. The molecule has 0 fully saturated rings. The van der Waals surface area contributed by atoms with E-state index in [0.29, 0.717) is 6.54 Å². The maximum Gasteiger partial charge on any atom is 0.282 e. The molecular weight excluding hydrogens is 320 g/mol. The fraction of sp³-hybridized carbons (Fsp3) is 0.368. The van der Waals surface area contributed by atoms with Crippen LogP contribution in [-0.4, -0.2) is 37.7 Å². The first-order valence-corrected chi connectivity index (χ1v) is 9.48. The molecule has 2 aromatic carbocycles. The molecule has 2 aromatic rings. The zero-order chi connectivity index (χ0) is 17.5. The van der Waals surface area contributed by atoms with Gasteiger partial charge in [0, 0.05) is 26.1 Å². The summed E-state index contributed by atoms with van der Waals surface area (Å²) in [4.78, 5) is 0. The van der Waals surface area contributed by atoms with Gasteiger partial charge in [-0.3, -0.25) is 0 Å². The van der Waals surface area contributed by atoms with Crippen LogP contribution in [0.25, 0.3) is 0 Å². The molecule has 1 aliphatic rings. The van der Waals surface area contributed by atoms with Crippen LogP contribution in [0.4, 0.5) is 0 Å². The molecule has 1 heterocycles. The summed E-state index contributed by atoms with van der Waals surface area (Å²) in [7, 11) is -0.368. The van der Waals surface area contributed by atoms with Crippen molar-refractivity contribution < 1.29 is 8.42 Å². The van der Waals surface area contributed by atoms with Crippen LogP contribution in [0.1, 0.15) is 36.6 Å². The molecule has 4 nitrogen and oxygen atoms in total. The van der Waals surface area contributed by atoms with E-state index in [1.165, 1.54) is 9.87 Å². The summed E-state index contributed by atoms with van der Waals surface area (Å²) in [5.74, 6) is 0. The highest BCUT2D eigenvalue weighted by Gasteiger charge is 2.44. The third-order valence-electron chi connectivity index (χ3n) is 4.70. The minimum atomic E-state index is -3.54. The summed E-state index contributed by atoms with van der Waals surface area (Å²) in [5, 5.41) is 0. The van der Waals surface area contributed by atoms with Gasteiger partial charge in [0.05, 0.1) is 6.04 Å². The topological polar surface area (TPSA) is 40.6 Å². The third kappa shape index (κ3) is 2.77. The Hall–Kier alpha value is -1.69. The molecule has 0 aromatic heterocycles. The van der Waals surface area contributed by atoms with E-state index in [9.17, 15) is 8.42 Å². The molecule has 0 N–H and O–H groups in total. The van der Waals surface area contributed by atoms with E-state index in [1.54, 1.807) is 18.4 Å². The standard InChI is InChI=1S/C19H24N2O2S/c1-19(2)14-21(24(22,23)20(3)4)18(15-10-6-5-7-11-15)16-12-8-9-13-17(16)19/h5-13,18H,14H2,1-4H3. The van der Waals surface area contributed by atoms with Crippen LogP contribution in [0.3, 0.4) is 0 Å². The Balaban J connectivity index is 2.26. The monoisotopic (exact) mass is 344 g/mol. The van der Waals surface area contributed by atoms with E-state index in [4.69, 9.17) is 0 Å². The van der Waals surface area contributed by atoms with Crippen molar-refractivity contribution in [3.63, 3.8) is 0 Å². The zero-order valence-electron chi connectivity index (χ0n) is 14.6. The van der Waals surface area contributed by atoms with E-state index in [-0.39, 0.29) is 11.5 Å². The summed E-state index contributed by atoms with van der Waals surface area (Å²) in [6.07, 6.45) is 0. The van der Waals surface area contributed by atoms with Gasteiger partial charge in [-0.2, -0.15) is 17.0 Å². The van der Waals surface area contributed by atoms with Crippen LogP contribution >= 0.6 is 0 Å². The van der Waals surface area contributed by atoms with Crippen LogP contribution in [0.2, 0.25) is 0 Å². The van der Waals surface area contributed by atoms with Gasteiger partial charge in [-0.15, -0.1) is 0 Å². The van der Waals surface area contributed by atoms with E-state index < -0.39 is 10.2 Å².